The van der Waals surface area contributed by atoms with Crippen LogP contribution in [0.1, 0.15) is 23.7 Å². The second kappa shape index (κ2) is 5.67. The second-order valence-corrected chi connectivity index (χ2v) is 6.02. The number of hydrogen-bond acceptors (Lipinski definition) is 3. The molecule has 24 heavy (non-hydrogen) atoms. The minimum atomic E-state index is -0.0102. The minimum absolute atomic E-state index is 0.0102. The summed E-state index contributed by atoms with van der Waals surface area (Å²) in [5.74, 6) is 0.602. The van der Waals surface area contributed by atoms with Gasteiger partial charge in [-0.05, 0) is 24.1 Å². The highest BCUT2D eigenvalue weighted by Crippen LogP contribution is 2.37. The first-order chi connectivity index (χ1) is 11.7. The molecule has 1 aromatic carbocycles. The van der Waals surface area contributed by atoms with E-state index in [1.165, 1.54) is 22.5 Å². The summed E-state index contributed by atoms with van der Waals surface area (Å²) >= 11 is 0. The van der Waals surface area contributed by atoms with Crippen LogP contribution in [0.25, 0.3) is 16.7 Å². The number of aromatic nitrogens is 2. The summed E-state index contributed by atoms with van der Waals surface area (Å²) in [6, 6.07) is 12.4. The number of fused-ring (bicyclic) bond motifs is 5. The summed E-state index contributed by atoms with van der Waals surface area (Å²) < 4.78 is 7.59. The fraction of sp³-hybridized carbons (Fsp3) is 0.263. The zero-order chi connectivity index (χ0) is 16.7. The highest BCUT2D eigenvalue weighted by atomic mass is 16.5. The minimum Gasteiger partial charge on any atom is -0.481 e. The normalized spacial score (nSPS) is 12.1. The molecule has 0 saturated heterocycles. The first-order valence-electron chi connectivity index (χ1n) is 8.09. The topological polar surface area (TPSA) is 56.1 Å². The summed E-state index contributed by atoms with van der Waals surface area (Å²) in [5.41, 5.74) is 7.05. The van der Waals surface area contributed by atoms with Crippen LogP contribution in [0.2, 0.25) is 0 Å². The van der Waals surface area contributed by atoms with E-state index in [9.17, 15) is 4.79 Å². The van der Waals surface area contributed by atoms with Crippen LogP contribution in [0.3, 0.4) is 0 Å². The van der Waals surface area contributed by atoms with E-state index in [-0.39, 0.29) is 5.91 Å². The summed E-state index contributed by atoms with van der Waals surface area (Å²) in [6.07, 6.45) is 1.65. The number of hydrogen-bond donors (Lipinski definition) is 1. The first-order valence-corrected chi connectivity index (χ1v) is 8.09. The fourth-order valence-electron chi connectivity index (χ4n) is 3.51. The van der Waals surface area contributed by atoms with Gasteiger partial charge in [-0.25, -0.2) is 4.98 Å². The number of carbonyl (C=O) groups is 1. The third-order valence-electron chi connectivity index (χ3n) is 4.54. The lowest BCUT2D eigenvalue weighted by molar-refractivity contribution is -0.118. The van der Waals surface area contributed by atoms with E-state index in [1.807, 2.05) is 6.07 Å². The van der Waals surface area contributed by atoms with Gasteiger partial charge in [0.15, 0.2) is 0 Å². The highest BCUT2D eigenvalue weighted by molar-refractivity contribution is 5.86. The molecule has 1 aliphatic heterocycles. The summed E-state index contributed by atoms with van der Waals surface area (Å²) in [7, 11) is 1.63. The van der Waals surface area contributed by atoms with Crippen LogP contribution in [0.4, 0.5) is 0 Å². The lowest BCUT2D eigenvalue weighted by atomic mass is 10.1. The summed E-state index contributed by atoms with van der Waals surface area (Å²) in [5, 5.41) is 2.88. The Kier molecular flexibility index (Phi) is 3.49. The number of benzene rings is 1. The van der Waals surface area contributed by atoms with Gasteiger partial charge in [0.1, 0.15) is 0 Å². The van der Waals surface area contributed by atoms with Gasteiger partial charge in [0.05, 0.1) is 18.1 Å². The van der Waals surface area contributed by atoms with Crippen molar-refractivity contribution in [1.82, 2.24) is 14.9 Å². The Hall–Kier alpha value is -2.82. The van der Waals surface area contributed by atoms with Gasteiger partial charge >= 0.3 is 0 Å². The molecule has 0 atom stereocenters. The first kappa shape index (κ1) is 14.8. The van der Waals surface area contributed by atoms with Crippen molar-refractivity contribution in [1.29, 1.82) is 0 Å². The van der Waals surface area contributed by atoms with E-state index in [4.69, 9.17) is 4.74 Å². The summed E-state index contributed by atoms with van der Waals surface area (Å²) in [4.78, 5) is 15.9. The number of nitrogens with zero attached hydrogens (tertiary/aromatic N) is 2. The zero-order valence-corrected chi connectivity index (χ0v) is 13.8. The van der Waals surface area contributed by atoms with Gasteiger partial charge in [0.2, 0.25) is 11.8 Å². The number of rotatable bonds is 4. The van der Waals surface area contributed by atoms with Crippen molar-refractivity contribution < 1.29 is 9.53 Å². The Bertz CT molecular complexity index is 943. The predicted molar refractivity (Wildman–Crippen MR) is 92.8 cm³/mol. The third-order valence-corrected chi connectivity index (χ3v) is 4.54. The maximum absolute atomic E-state index is 11.2. The Labute approximate surface area is 140 Å². The molecular weight excluding hydrogens is 302 g/mol. The van der Waals surface area contributed by atoms with Crippen molar-refractivity contribution >= 4 is 16.9 Å². The molecule has 122 valence electrons. The van der Waals surface area contributed by atoms with Crippen LogP contribution in [-0.4, -0.2) is 29.1 Å². The van der Waals surface area contributed by atoms with Crippen LogP contribution >= 0.6 is 0 Å². The molecule has 1 N–H and O–H groups in total. The molecule has 4 rings (SSSR count). The van der Waals surface area contributed by atoms with Crippen LogP contribution in [0.5, 0.6) is 5.88 Å². The molecule has 3 heterocycles. The molecule has 1 amide bonds. The molecular formula is C19H19N3O2. The Morgan fingerprint density at radius 2 is 2.12 bits per heavy atom. The number of nitrogens with one attached hydrogen (secondary N) is 1. The van der Waals surface area contributed by atoms with Gasteiger partial charge < -0.3 is 14.6 Å². The molecule has 0 aliphatic carbocycles. The van der Waals surface area contributed by atoms with E-state index < -0.39 is 0 Å². The predicted octanol–water partition coefficient (Wildman–Crippen LogP) is 2.62. The number of carbonyl (C=O) groups excluding carboxylic acids is 1. The molecule has 5 nitrogen and oxygen atoms in total. The molecule has 0 unspecified atom stereocenters. The number of para-hydroxylation sites is 1. The fourth-order valence-corrected chi connectivity index (χ4v) is 3.51. The quantitative estimate of drug-likeness (QED) is 0.628. The van der Waals surface area contributed by atoms with Gasteiger partial charge in [-0.2, -0.15) is 0 Å². The van der Waals surface area contributed by atoms with Crippen molar-refractivity contribution in [2.75, 3.05) is 13.7 Å². The largest absolute Gasteiger partial charge is 0.481 e. The van der Waals surface area contributed by atoms with Gasteiger partial charge in [-0.1, -0.05) is 18.2 Å². The molecule has 0 radical (unpaired) electrons. The number of pyridine rings is 1. The van der Waals surface area contributed by atoms with E-state index in [2.05, 4.69) is 45.2 Å². The molecule has 3 aromatic rings. The van der Waals surface area contributed by atoms with Crippen LogP contribution < -0.4 is 10.1 Å². The molecule has 0 spiro atoms. The maximum Gasteiger partial charge on any atom is 0.216 e. The van der Waals surface area contributed by atoms with Gasteiger partial charge in [0, 0.05) is 42.9 Å². The third kappa shape index (κ3) is 2.24. The second-order valence-electron chi connectivity index (χ2n) is 6.02. The molecule has 0 saturated carbocycles. The smallest absolute Gasteiger partial charge is 0.216 e. The van der Waals surface area contributed by atoms with Crippen LogP contribution in [-0.2, 0) is 17.6 Å². The van der Waals surface area contributed by atoms with Gasteiger partial charge in [-0.15, -0.1) is 0 Å². The average molecular weight is 321 g/mol. The maximum atomic E-state index is 11.2. The molecule has 0 fully saturated rings. The van der Waals surface area contributed by atoms with Crippen molar-refractivity contribution in [2.45, 2.75) is 19.8 Å². The zero-order valence-electron chi connectivity index (χ0n) is 13.8. The van der Waals surface area contributed by atoms with E-state index in [0.29, 0.717) is 12.4 Å². The Balaban J connectivity index is 1.87. The Morgan fingerprint density at radius 1 is 1.29 bits per heavy atom. The molecule has 5 heteroatoms. The molecule has 0 bridgehead atoms. The summed E-state index contributed by atoms with van der Waals surface area (Å²) in [6.45, 7) is 2.15. The lowest BCUT2D eigenvalue weighted by Crippen LogP contribution is -2.22. The molecule has 1 aliphatic rings. The van der Waals surface area contributed by atoms with Crippen molar-refractivity contribution in [3.63, 3.8) is 0 Å². The Morgan fingerprint density at radius 3 is 2.92 bits per heavy atom. The lowest BCUT2D eigenvalue weighted by Gasteiger charge is -2.05. The van der Waals surface area contributed by atoms with E-state index in [1.54, 1.807) is 14.0 Å². The molecule has 2 aromatic heterocycles. The van der Waals surface area contributed by atoms with Crippen molar-refractivity contribution in [2.24, 2.45) is 0 Å². The number of ether oxygens (including phenoxy) is 1. The average Bonchev–Trinajstić information content (AvgIpc) is 3.09. The van der Waals surface area contributed by atoms with Crippen LogP contribution in [0.15, 0.2) is 36.4 Å². The van der Waals surface area contributed by atoms with Gasteiger partial charge in [-0.3, -0.25) is 4.79 Å². The highest BCUT2D eigenvalue weighted by Gasteiger charge is 2.26. The van der Waals surface area contributed by atoms with Crippen LogP contribution in [0, 0.1) is 0 Å². The van der Waals surface area contributed by atoms with E-state index in [0.717, 1.165) is 23.9 Å². The standard InChI is InChI=1S/C19H19N3O2/c1-12(23)20-10-9-14-17-11-13-5-3-4-6-15(13)22(17)16-7-8-18(24-2)21-19(14)16/h3-8H,9-11H2,1-2H3,(H,20,23). The van der Waals surface area contributed by atoms with Crippen molar-refractivity contribution in [3.8, 4) is 11.6 Å². The van der Waals surface area contributed by atoms with Crippen molar-refractivity contribution in [3.05, 3.63) is 53.2 Å². The van der Waals surface area contributed by atoms with E-state index >= 15 is 0 Å². The van der Waals surface area contributed by atoms with Gasteiger partial charge in [0.25, 0.3) is 0 Å². The number of methoxy groups -OCH3 is 1. The SMILES string of the molecule is COc1ccc2c(n1)c(CCNC(C)=O)c1n2-c2ccccc2C1. The number of amides is 1. The monoisotopic (exact) mass is 321 g/mol.